The second kappa shape index (κ2) is 5.64. The molecule has 134 valence electrons. The first-order chi connectivity index (χ1) is 12.2. The van der Waals surface area contributed by atoms with Crippen molar-refractivity contribution in [2.75, 3.05) is 18.5 Å². The van der Waals surface area contributed by atoms with Crippen LogP contribution < -0.4 is 5.32 Å². The summed E-state index contributed by atoms with van der Waals surface area (Å²) in [6.07, 6.45) is 10.1. The van der Waals surface area contributed by atoms with Crippen molar-refractivity contribution < 1.29 is 10.2 Å². The van der Waals surface area contributed by atoms with Crippen LogP contribution in [0.2, 0.25) is 0 Å². The monoisotopic (exact) mass is 343 g/mol. The van der Waals surface area contributed by atoms with Crippen LogP contribution >= 0.6 is 0 Å². The summed E-state index contributed by atoms with van der Waals surface area (Å²) in [6, 6.07) is 0.755. The van der Waals surface area contributed by atoms with Gasteiger partial charge in [-0.15, -0.1) is 0 Å². The van der Waals surface area contributed by atoms with E-state index in [2.05, 4.69) is 24.8 Å². The van der Waals surface area contributed by atoms with E-state index in [0.29, 0.717) is 12.0 Å². The summed E-state index contributed by atoms with van der Waals surface area (Å²) in [5.74, 6) is 1.64. The van der Waals surface area contributed by atoms with Crippen LogP contribution in [0.4, 0.5) is 5.82 Å². The third kappa shape index (κ3) is 2.36. The fourth-order valence-electron chi connectivity index (χ4n) is 5.20. The molecule has 0 saturated heterocycles. The zero-order chi connectivity index (χ0) is 17.0. The quantitative estimate of drug-likeness (QED) is 0.765. The first kappa shape index (κ1) is 15.5. The van der Waals surface area contributed by atoms with Crippen LogP contribution in [0.1, 0.15) is 44.6 Å². The topological polar surface area (TPSA) is 96.1 Å². The van der Waals surface area contributed by atoms with Gasteiger partial charge in [0, 0.05) is 17.5 Å². The molecule has 0 unspecified atom stereocenters. The molecule has 0 amide bonds. The molecule has 3 N–H and O–H groups in total. The summed E-state index contributed by atoms with van der Waals surface area (Å²) >= 11 is 0. The van der Waals surface area contributed by atoms with E-state index in [9.17, 15) is 10.2 Å². The van der Waals surface area contributed by atoms with Crippen molar-refractivity contribution in [1.29, 1.82) is 0 Å². The number of aromatic nitrogens is 4. The number of aliphatic hydroxyl groups excluding tert-OH is 2. The minimum Gasteiger partial charge on any atom is -0.396 e. The molecule has 4 saturated carbocycles. The molecule has 0 radical (unpaired) electrons. The average Bonchev–Trinajstić information content (AvgIpc) is 3.37. The van der Waals surface area contributed by atoms with Gasteiger partial charge >= 0.3 is 0 Å². The maximum absolute atomic E-state index is 10.0. The van der Waals surface area contributed by atoms with E-state index in [1.54, 1.807) is 6.33 Å². The van der Waals surface area contributed by atoms with Crippen LogP contribution in [0.15, 0.2) is 12.7 Å². The van der Waals surface area contributed by atoms with E-state index in [4.69, 9.17) is 0 Å². The highest BCUT2D eigenvalue weighted by atomic mass is 16.3. The molecule has 6 rings (SSSR count). The first-order valence-electron chi connectivity index (χ1n) is 9.40. The second-order valence-corrected chi connectivity index (χ2v) is 8.20. The Morgan fingerprint density at radius 2 is 1.96 bits per heavy atom. The molecule has 7 nitrogen and oxygen atoms in total. The second-order valence-electron chi connectivity index (χ2n) is 8.20. The van der Waals surface area contributed by atoms with Crippen LogP contribution in [-0.2, 0) is 0 Å². The van der Waals surface area contributed by atoms with Gasteiger partial charge in [0.2, 0.25) is 0 Å². The molecule has 4 aliphatic rings. The van der Waals surface area contributed by atoms with Crippen molar-refractivity contribution in [2.24, 2.45) is 17.3 Å². The number of nitrogens with zero attached hydrogens (tertiary/aromatic N) is 4. The van der Waals surface area contributed by atoms with Crippen LogP contribution in [0.3, 0.4) is 0 Å². The van der Waals surface area contributed by atoms with Crippen LogP contribution in [0, 0.1) is 17.3 Å². The van der Waals surface area contributed by atoms with Crippen molar-refractivity contribution in [2.45, 2.75) is 50.6 Å². The maximum atomic E-state index is 10.0. The van der Waals surface area contributed by atoms with Gasteiger partial charge in [0.05, 0.1) is 19.5 Å². The van der Waals surface area contributed by atoms with Crippen molar-refractivity contribution in [3.8, 4) is 0 Å². The van der Waals surface area contributed by atoms with E-state index in [0.717, 1.165) is 36.2 Å². The number of fused-ring (bicyclic) bond motifs is 4. The smallest absolute Gasteiger partial charge is 0.165 e. The van der Waals surface area contributed by atoms with Gasteiger partial charge in [-0.25, -0.2) is 15.0 Å². The van der Waals surface area contributed by atoms with E-state index in [-0.39, 0.29) is 30.6 Å². The van der Waals surface area contributed by atoms with E-state index in [1.807, 2.05) is 6.33 Å². The van der Waals surface area contributed by atoms with Crippen molar-refractivity contribution in [3.05, 3.63) is 12.7 Å². The number of hydrogen-bond acceptors (Lipinski definition) is 6. The summed E-state index contributed by atoms with van der Waals surface area (Å²) < 4.78 is 2.17. The summed E-state index contributed by atoms with van der Waals surface area (Å²) in [6.45, 7) is 0.106. The Hall–Kier alpha value is -1.73. The predicted molar refractivity (Wildman–Crippen MR) is 93.1 cm³/mol. The first-order valence-corrected chi connectivity index (χ1v) is 9.40. The van der Waals surface area contributed by atoms with Gasteiger partial charge in [-0.2, -0.15) is 0 Å². The summed E-state index contributed by atoms with van der Waals surface area (Å²) in [7, 11) is 0. The molecule has 4 fully saturated rings. The highest BCUT2D eigenvalue weighted by Crippen LogP contribution is 2.57. The van der Waals surface area contributed by atoms with E-state index >= 15 is 0 Å². The predicted octanol–water partition coefficient (Wildman–Crippen LogP) is 1.73. The Kier molecular flexibility index (Phi) is 3.50. The molecule has 4 aliphatic carbocycles. The molecule has 0 spiro atoms. The zero-order valence-corrected chi connectivity index (χ0v) is 14.3. The van der Waals surface area contributed by atoms with E-state index < -0.39 is 0 Å². The van der Waals surface area contributed by atoms with Gasteiger partial charge in [-0.3, -0.25) is 0 Å². The number of anilines is 1. The Morgan fingerprint density at radius 3 is 2.68 bits per heavy atom. The maximum Gasteiger partial charge on any atom is 0.165 e. The van der Waals surface area contributed by atoms with Crippen molar-refractivity contribution in [1.82, 2.24) is 19.5 Å². The van der Waals surface area contributed by atoms with E-state index in [1.165, 1.54) is 19.3 Å². The SMILES string of the molecule is OCC1(CO)C[C@H]2CC[C@@H]1[C@H](n1cnc3c(NC4CC4)ncnc31)C2. The zero-order valence-electron chi connectivity index (χ0n) is 14.3. The number of rotatable bonds is 5. The molecular formula is C18H25N5O2. The number of imidazole rings is 1. The van der Waals surface area contributed by atoms with Gasteiger partial charge in [0.1, 0.15) is 11.8 Å². The van der Waals surface area contributed by atoms with Gasteiger partial charge < -0.3 is 20.1 Å². The van der Waals surface area contributed by atoms with Gasteiger partial charge in [0.25, 0.3) is 0 Å². The number of hydrogen-bond donors (Lipinski definition) is 3. The fraction of sp³-hybridized carbons (Fsp3) is 0.722. The highest BCUT2D eigenvalue weighted by molar-refractivity contribution is 5.83. The number of aliphatic hydroxyl groups is 2. The van der Waals surface area contributed by atoms with Gasteiger partial charge in [0.15, 0.2) is 11.5 Å². The van der Waals surface area contributed by atoms with Crippen molar-refractivity contribution in [3.63, 3.8) is 0 Å². The molecule has 2 bridgehead atoms. The summed E-state index contributed by atoms with van der Waals surface area (Å²) in [5, 5.41) is 23.5. The Morgan fingerprint density at radius 1 is 1.12 bits per heavy atom. The molecular weight excluding hydrogens is 318 g/mol. The standard InChI is InChI=1S/C18H25N5O2/c24-7-18(8-25)6-11-1-4-13(18)14(5-11)23-10-21-15-16(22-12-2-3-12)19-9-20-17(15)23/h9-14,24-25H,1-8H2,(H,19,20,22)/t11-,13+,14+/m0/s1. The Labute approximate surface area is 146 Å². The molecule has 2 aromatic rings. The van der Waals surface area contributed by atoms with Gasteiger partial charge in [-0.05, 0) is 50.4 Å². The lowest BCUT2D eigenvalue weighted by Gasteiger charge is -2.54. The molecule has 3 atom stereocenters. The average molecular weight is 343 g/mol. The summed E-state index contributed by atoms with van der Waals surface area (Å²) in [5.41, 5.74) is 1.32. The normalized spacial score (nSPS) is 30.7. The Balaban J connectivity index is 1.54. The molecule has 2 aromatic heterocycles. The minimum absolute atomic E-state index is 0.0528. The van der Waals surface area contributed by atoms with Crippen LogP contribution in [0.25, 0.3) is 11.2 Å². The summed E-state index contributed by atoms with van der Waals surface area (Å²) in [4.78, 5) is 13.5. The third-order valence-corrected chi connectivity index (χ3v) is 6.67. The molecule has 0 aliphatic heterocycles. The molecule has 7 heteroatoms. The molecule has 25 heavy (non-hydrogen) atoms. The lowest BCUT2D eigenvalue weighted by atomic mass is 9.54. The minimum atomic E-state index is -0.370. The van der Waals surface area contributed by atoms with Crippen LogP contribution in [0.5, 0.6) is 0 Å². The Bertz CT molecular complexity index is 783. The number of nitrogens with one attached hydrogen (secondary N) is 1. The lowest BCUT2D eigenvalue weighted by Crippen LogP contribution is -2.51. The fourth-order valence-corrected chi connectivity index (χ4v) is 5.20. The van der Waals surface area contributed by atoms with Crippen LogP contribution in [-0.4, -0.2) is 49.0 Å². The third-order valence-electron chi connectivity index (χ3n) is 6.67. The largest absolute Gasteiger partial charge is 0.396 e. The van der Waals surface area contributed by atoms with Gasteiger partial charge in [-0.1, -0.05) is 0 Å². The van der Waals surface area contributed by atoms with Crippen molar-refractivity contribution >= 4 is 17.0 Å². The molecule has 0 aromatic carbocycles. The lowest BCUT2D eigenvalue weighted by molar-refractivity contribution is -0.0988. The molecule has 2 heterocycles. The highest BCUT2D eigenvalue weighted by Gasteiger charge is 2.52.